The maximum atomic E-state index is 12.6. The molecule has 2 heterocycles. The minimum atomic E-state index is -0.512. The number of amides is 1. The van der Waals surface area contributed by atoms with E-state index in [4.69, 9.17) is 16.3 Å². The standard InChI is InChI=1S/C23H23ClN2O2/c1-16(23(27)26-13-5-2-6-14-26)28-17-9-10-20-18(11-12-25-22(20)15-17)19-7-3-4-8-21(19)24/h3-4,7-12,15-16H,2,5-6,13-14H2,1H3/t16-/m0/s1. The number of hydrogen-bond acceptors (Lipinski definition) is 3. The molecule has 1 fully saturated rings. The zero-order valence-corrected chi connectivity index (χ0v) is 16.7. The van der Waals surface area contributed by atoms with Crippen molar-refractivity contribution < 1.29 is 9.53 Å². The van der Waals surface area contributed by atoms with Crippen LogP contribution >= 0.6 is 11.6 Å². The van der Waals surface area contributed by atoms with E-state index in [0.29, 0.717) is 10.8 Å². The third-order valence-electron chi connectivity index (χ3n) is 5.21. The molecule has 0 N–H and O–H groups in total. The van der Waals surface area contributed by atoms with Crippen LogP contribution in [0.5, 0.6) is 5.75 Å². The number of likely N-dealkylation sites (tertiary alicyclic amines) is 1. The molecule has 1 amide bonds. The maximum Gasteiger partial charge on any atom is 0.263 e. The summed E-state index contributed by atoms with van der Waals surface area (Å²) in [5, 5.41) is 1.70. The summed E-state index contributed by atoms with van der Waals surface area (Å²) in [7, 11) is 0. The molecule has 0 unspecified atom stereocenters. The van der Waals surface area contributed by atoms with Gasteiger partial charge in [0.25, 0.3) is 5.91 Å². The SMILES string of the molecule is C[C@H](Oc1ccc2c(-c3ccccc3Cl)ccnc2c1)C(=O)N1CCCCC1. The topological polar surface area (TPSA) is 42.4 Å². The van der Waals surface area contributed by atoms with Crippen LogP contribution in [-0.4, -0.2) is 35.0 Å². The fraction of sp³-hybridized carbons (Fsp3) is 0.304. The molecule has 3 aromatic rings. The van der Waals surface area contributed by atoms with Gasteiger partial charge in [-0.25, -0.2) is 0 Å². The number of rotatable bonds is 4. The summed E-state index contributed by atoms with van der Waals surface area (Å²) in [6, 6.07) is 15.5. The Balaban J connectivity index is 1.58. The first-order chi connectivity index (χ1) is 13.6. The molecular formula is C23H23ClN2O2. The lowest BCUT2D eigenvalue weighted by molar-refractivity contribution is -0.138. The number of benzene rings is 2. The molecule has 0 saturated carbocycles. The molecule has 1 aliphatic heterocycles. The zero-order chi connectivity index (χ0) is 19.5. The number of aromatic nitrogens is 1. The van der Waals surface area contributed by atoms with Crippen LogP contribution in [0.15, 0.2) is 54.7 Å². The van der Waals surface area contributed by atoms with Crippen molar-refractivity contribution in [3.05, 3.63) is 59.8 Å². The van der Waals surface area contributed by atoms with Crippen LogP contribution in [0.25, 0.3) is 22.0 Å². The molecule has 0 spiro atoms. The van der Waals surface area contributed by atoms with E-state index in [0.717, 1.165) is 48.0 Å². The number of ether oxygens (including phenoxy) is 1. The molecule has 28 heavy (non-hydrogen) atoms. The molecule has 5 heteroatoms. The van der Waals surface area contributed by atoms with Gasteiger partial charge in [-0.2, -0.15) is 0 Å². The monoisotopic (exact) mass is 394 g/mol. The minimum absolute atomic E-state index is 0.0533. The Kier molecular flexibility index (Phi) is 5.49. The molecule has 4 rings (SSSR count). The zero-order valence-electron chi connectivity index (χ0n) is 15.9. The van der Waals surface area contributed by atoms with Gasteiger partial charge >= 0.3 is 0 Å². The molecular weight excluding hydrogens is 372 g/mol. The van der Waals surface area contributed by atoms with Crippen molar-refractivity contribution in [1.82, 2.24) is 9.88 Å². The van der Waals surface area contributed by atoms with E-state index in [1.165, 1.54) is 6.42 Å². The summed E-state index contributed by atoms with van der Waals surface area (Å²) in [4.78, 5) is 19.0. The van der Waals surface area contributed by atoms with Gasteiger partial charge in [-0.15, -0.1) is 0 Å². The van der Waals surface area contributed by atoms with Crippen LogP contribution in [0.2, 0.25) is 5.02 Å². The van der Waals surface area contributed by atoms with E-state index in [1.807, 2.05) is 60.4 Å². The van der Waals surface area contributed by atoms with E-state index < -0.39 is 6.10 Å². The van der Waals surface area contributed by atoms with Crippen LogP contribution in [-0.2, 0) is 4.79 Å². The Morgan fingerprint density at radius 2 is 1.86 bits per heavy atom. The first kappa shape index (κ1) is 18.8. The first-order valence-corrected chi connectivity index (χ1v) is 10.1. The number of pyridine rings is 1. The Bertz CT molecular complexity index is 999. The smallest absolute Gasteiger partial charge is 0.263 e. The Hall–Kier alpha value is -2.59. The van der Waals surface area contributed by atoms with Crippen molar-refractivity contribution in [2.24, 2.45) is 0 Å². The highest BCUT2D eigenvalue weighted by Crippen LogP contribution is 2.33. The average Bonchev–Trinajstić information content (AvgIpc) is 2.73. The van der Waals surface area contributed by atoms with Gasteiger partial charge in [-0.3, -0.25) is 9.78 Å². The molecule has 1 saturated heterocycles. The summed E-state index contributed by atoms with van der Waals surface area (Å²) in [5.74, 6) is 0.701. The molecule has 1 aromatic heterocycles. The normalized spacial score (nSPS) is 15.4. The van der Waals surface area contributed by atoms with Gasteiger partial charge in [-0.1, -0.05) is 29.8 Å². The molecule has 0 aliphatic carbocycles. The van der Waals surface area contributed by atoms with Crippen LogP contribution in [0.1, 0.15) is 26.2 Å². The van der Waals surface area contributed by atoms with E-state index in [-0.39, 0.29) is 5.91 Å². The largest absolute Gasteiger partial charge is 0.481 e. The van der Waals surface area contributed by atoms with Crippen LogP contribution in [0.3, 0.4) is 0 Å². The highest BCUT2D eigenvalue weighted by atomic mass is 35.5. The molecule has 144 valence electrons. The van der Waals surface area contributed by atoms with Crippen molar-refractivity contribution in [1.29, 1.82) is 0 Å². The quantitative estimate of drug-likeness (QED) is 0.600. The van der Waals surface area contributed by atoms with Crippen LogP contribution in [0.4, 0.5) is 0 Å². The molecule has 0 radical (unpaired) electrons. The van der Waals surface area contributed by atoms with Gasteiger partial charge in [0.05, 0.1) is 5.52 Å². The first-order valence-electron chi connectivity index (χ1n) is 9.72. The highest BCUT2D eigenvalue weighted by molar-refractivity contribution is 6.33. The number of hydrogen-bond donors (Lipinski definition) is 0. The fourth-order valence-corrected chi connectivity index (χ4v) is 3.98. The molecule has 1 atom stereocenters. The Morgan fingerprint density at radius 1 is 1.07 bits per heavy atom. The van der Waals surface area contributed by atoms with E-state index >= 15 is 0 Å². The Morgan fingerprint density at radius 3 is 2.64 bits per heavy atom. The Labute approximate surface area is 170 Å². The van der Waals surface area contributed by atoms with Crippen molar-refractivity contribution in [2.45, 2.75) is 32.3 Å². The predicted octanol–water partition coefficient (Wildman–Crippen LogP) is 5.34. The molecule has 2 aromatic carbocycles. The van der Waals surface area contributed by atoms with Crippen molar-refractivity contribution in [3.63, 3.8) is 0 Å². The van der Waals surface area contributed by atoms with Gasteiger partial charge in [0.2, 0.25) is 0 Å². The third kappa shape index (κ3) is 3.83. The summed E-state index contributed by atoms with van der Waals surface area (Å²) >= 11 is 6.38. The minimum Gasteiger partial charge on any atom is -0.481 e. The van der Waals surface area contributed by atoms with Gasteiger partial charge in [0.1, 0.15) is 5.75 Å². The second kappa shape index (κ2) is 8.19. The molecule has 0 bridgehead atoms. The lowest BCUT2D eigenvalue weighted by Gasteiger charge is -2.29. The number of piperidine rings is 1. The summed E-state index contributed by atoms with van der Waals surface area (Å²) in [6.07, 6.45) is 4.60. The number of fused-ring (bicyclic) bond motifs is 1. The van der Waals surface area contributed by atoms with Gasteiger partial charge in [0.15, 0.2) is 6.10 Å². The van der Waals surface area contributed by atoms with Crippen molar-refractivity contribution in [2.75, 3.05) is 13.1 Å². The maximum absolute atomic E-state index is 12.6. The lowest BCUT2D eigenvalue weighted by atomic mass is 10.0. The molecule has 4 nitrogen and oxygen atoms in total. The fourth-order valence-electron chi connectivity index (χ4n) is 3.74. The van der Waals surface area contributed by atoms with E-state index in [2.05, 4.69) is 4.98 Å². The van der Waals surface area contributed by atoms with Crippen LogP contribution < -0.4 is 4.74 Å². The van der Waals surface area contributed by atoms with Gasteiger partial charge in [0, 0.05) is 41.3 Å². The summed E-state index contributed by atoms with van der Waals surface area (Å²) in [6.45, 7) is 3.47. The van der Waals surface area contributed by atoms with Crippen LogP contribution in [0, 0.1) is 0 Å². The number of nitrogens with zero attached hydrogens (tertiary/aromatic N) is 2. The predicted molar refractivity (Wildman–Crippen MR) is 113 cm³/mol. The second-order valence-electron chi connectivity index (χ2n) is 7.16. The van der Waals surface area contributed by atoms with Gasteiger partial charge in [-0.05, 0) is 56.0 Å². The van der Waals surface area contributed by atoms with E-state index in [9.17, 15) is 4.79 Å². The van der Waals surface area contributed by atoms with Gasteiger partial charge < -0.3 is 9.64 Å². The average molecular weight is 395 g/mol. The third-order valence-corrected chi connectivity index (χ3v) is 5.54. The second-order valence-corrected chi connectivity index (χ2v) is 7.57. The number of carbonyl (C=O) groups is 1. The molecule has 1 aliphatic rings. The number of carbonyl (C=O) groups excluding carboxylic acids is 1. The van der Waals surface area contributed by atoms with E-state index in [1.54, 1.807) is 6.20 Å². The number of halogens is 1. The highest BCUT2D eigenvalue weighted by Gasteiger charge is 2.23. The summed E-state index contributed by atoms with van der Waals surface area (Å²) < 4.78 is 5.95. The summed E-state index contributed by atoms with van der Waals surface area (Å²) in [5.41, 5.74) is 2.81. The van der Waals surface area contributed by atoms with Crippen molar-refractivity contribution in [3.8, 4) is 16.9 Å². The lowest BCUT2D eigenvalue weighted by Crippen LogP contribution is -2.43. The van der Waals surface area contributed by atoms with Crippen molar-refractivity contribution >= 4 is 28.4 Å².